The van der Waals surface area contributed by atoms with E-state index < -0.39 is 84.0 Å². The summed E-state index contributed by atoms with van der Waals surface area (Å²) in [5.41, 5.74) is -12.6. The van der Waals surface area contributed by atoms with E-state index in [0.717, 1.165) is 6.92 Å². The molecule has 0 radical (unpaired) electrons. The number of rotatable bonds is 4. The van der Waals surface area contributed by atoms with Crippen molar-refractivity contribution in [3.63, 3.8) is 0 Å². The number of carbonyl (C=O) groups is 1. The number of alkyl halides is 9. The Morgan fingerprint density at radius 3 is 1.71 bits per heavy atom. The molecule has 4 aliphatic carbocycles. The molecule has 0 aromatic heterocycles. The lowest BCUT2D eigenvalue weighted by molar-refractivity contribution is -0.422. The molecule has 4 bridgehead atoms. The molecule has 180 valence electrons. The first kappa shape index (κ1) is 24.4. The number of halogens is 9. The fraction of sp³-hybridized carbons (Fsp3) is 0.947. The predicted octanol–water partition coefficient (Wildman–Crippen LogP) is 5.70. The Morgan fingerprint density at radius 1 is 0.903 bits per heavy atom. The molecule has 3 nitrogen and oxygen atoms in total. The Labute approximate surface area is 172 Å². The molecule has 0 saturated heterocycles. The Hall–Kier alpha value is -1.20. The van der Waals surface area contributed by atoms with Gasteiger partial charge in [-0.05, 0) is 63.7 Å². The van der Waals surface area contributed by atoms with Crippen molar-refractivity contribution in [2.45, 2.75) is 88.5 Å². The largest absolute Gasteiger partial charge is 0.458 e. The molecule has 12 heteroatoms. The molecule has 0 amide bonds. The molecular formula is C19H23F9O3. The van der Waals surface area contributed by atoms with Gasteiger partial charge in [-0.2, -0.15) is 39.5 Å². The van der Waals surface area contributed by atoms with Gasteiger partial charge in [0.15, 0.2) is 5.41 Å². The maximum Gasteiger partial charge on any atom is 0.426 e. The van der Waals surface area contributed by atoms with Crippen molar-refractivity contribution in [2.75, 3.05) is 0 Å². The van der Waals surface area contributed by atoms with Crippen molar-refractivity contribution < 1.29 is 54.2 Å². The van der Waals surface area contributed by atoms with Gasteiger partial charge >= 0.3 is 24.5 Å². The molecule has 4 rings (SSSR count). The molecule has 0 heterocycles. The highest BCUT2D eigenvalue weighted by Crippen LogP contribution is 2.70. The summed E-state index contributed by atoms with van der Waals surface area (Å²) in [7, 11) is 0. The van der Waals surface area contributed by atoms with Crippen molar-refractivity contribution in [1.82, 2.24) is 0 Å². The first-order valence-electron chi connectivity index (χ1n) is 9.92. The second-order valence-electron chi connectivity index (χ2n) is 9.70. The molecule has 0 aromatic rings. The molecular weight excluding hydrogens is 447 g/mol. The smallest absolute Gasteiger partial charge is 0.426 e. The van der Waals surface area contributed by atoms with E-state index in [1.54, 1.807) is 0 Å². The van der Waals surface area contributed by atoms with E-state index >= 15 is 0 Å². The fourth-order valence-corrected chi connectivity index (χ4v) is 6.25. The molecule has 4 fully saturated rings. The summed E-state index contributed by atoms with van der Waals surface area (Å²) in [6, 6.07) is 0. The average Bonchev–Trinajstić information content (AvgIpc) is 2.55. The van der Waals surface area contributed by atoms with Crippen molar-refractivity contribution in [3.8, 4) is 0 Å². The summed E-state index contributed by atoms with van der Waals surface area (Å²) in [4.78, 5) is 12.5. The van der Waals surface area contributed by atoms with Gasteiger partial charge in [0.25, 0.3) is 5.60 Å². The van der Waals surface area contributed by atoms with Crippen LogP contribution in [0.15, 0.2) is 0 Å². The quantitative estimate of drug-likeness (QED) is 0.424. The third kappa shape index (κ3) is 3.33. The molecule has 0 aliphatic heterocycles. The van der Waals surface area contributed by atoms with Crippen LogP contribution in [0, 0.1) is 22.7 Å². The first-order chi connectivity index (χ1) is 13.8. The second-order valence-corrected chi connectivity index (χ2v) is 9.70. The van der Waals surface area contributed by atoms with Crippen LogP contribution in [0.1, 0.15) is 58.8 Å². The summed E-state index contributed by atoms with van der Waals surface area (Å²) in [6.07, 6.45) is -20.0. The van der Waals surface area contributed by atoms with Gasteiger partial charge in [-0.25, -0.2) is 0 Å². The number of hydrogen-bond donors (Lipinski definition) is 1. The summed E-state index contributed by atoms with van der Waals surface area (Å²) < 4.78 is 128. The van der Waals surface area contributed by atoms with E-state index in [1.165, 1.54) is 0 Å². The van der Waals surface area contributed by atoms with Crippen LogP contribution in [0.2, 0.25) is 0 Å². The first-order valence-corrected chi connectivity index (χ1v) is 9.92. The molecule has 0 aromatic carbocycles. The van der Waals surface area contributed by atoms with E-state index in [9.17, 15) is 49.4 Å². The van der Waals surface area contributed by atoms with E-state index in [0.29, 0.717) is 6.92 Å². The Bertz CT molecular complexity index is 711. The zero-order valence-electron chi connectivity index (χ0n) is 16.8. The number of carbonyl (C=O) groups excluding carboxylic acids is 1. The van der Waals surface area contributed by atoms with Gasteiger partial charge in [-0.1, -0.05) is 6.92 Å². The average molecular weight is 470 g/mol. The van der Waals surface area contributed by atoms with Gasteiger partial charge in [0.2, 0.25) is 0 Å². The molecule has 4 saturated carbocycles. The van der Waals surface area contributed by atoms with Crippen molar-refractivity contribution in [3.05, 3.63) is 0 Å². The summed E-state index contributed by atoms with van der Waals surface area (Å²) in [5, 5.41) is 10.2. The summed E-state index contributed by atoms with van der Waals surface area (Å²) in [6.45, 7) is 1.68. The third-order valence-corrected chi connectivity index (χ3v) is 7.69. The highest BCUT2D eigenvalue weighted by atomic mass is 19.4. The minimum absolute atomic E-state index is 0.125. The lowest BCUT2D eigenvalue weighted by Crippen LogP contribution is -2.73. The Kier molecular flexibility index (Phi) is 5.25. The maximum atomic E-state index is 13.7. The van der Waals surface area contributed by atoms with Crippen molar-refractivity contribution in [1.29, 1.82) is 0 Å². The molecule has 1 N–H and O–H groups in total. The number of aliphatic hydroxyl groups is 1. The topological polar surface area (TPSA) is 46.5 Å². The third-order valence-electron chi connectivity index (χ3n) is 7.69. The van der Waals surface area contributed by atoms with Crippen LogP contribution in [0.4, 0.5) is 39.5 Å². The standard InChI is InChI=1S/C19H23F9O3/c1-3-13(2,17(20,21)22)12(29)31-15-7-10-4-11(8-15)6-14(5-10,9-15)16(30,18(23,24)25)19(26,27)28/h10-11,30H,3-9H2,1-2H3. The van der Waals surface area contributed by atoms with Gasteiger partial charge in [-0.15, -0.1) is 0 Å². The zero-order chi connectivity index (χ0) is 23.9. The van der Waals surface area contributed by atoms with Gasteiger partial charge < -0.3 is 9.84 Å². The lowest BCUT2D eigenvalue weighted by Gasteiger charge is -2.65. The highest BCUT2D eigenvalue weighted by molar-refractivity contribution is 5.78. The Morgan fingerprint density at radius 2 is 1.35 bits per heavy atom. The molecule has 3 atom stereocenters. The van der Waals surface area contributed by atoms with Crippen molar-refractivity contribution in [2.24, 2.45) is 22.7 Å². The van der Waals surface area contributed by atoms with Crippen LogP contribution in [-0.2, 0) is 9.53 Å². The van der Waals surface area contributed by atoms with Crippen LogP contribution in [-0.4, -0.2) is 40.8 Å². The number of ether oxygens (including phenoxy) is 1. The van der Waals surface area contributed by atoms with E-state index in [4.69, 9.17) is 4.74 Å². The van der Waals surface area contributed by atoms with Crippen LogP contribution >= 0.6 is 0 Å². The van der Waals surface area contributed by atoms with E-state index in [1.807, 2.05) is 0 Å². The Balaban J connectivity index is 2.04. The minimum atomic E-state index is -6.06. The zero-order valence-corrected chi connectivity index (χ0v) is 16.8. The monoisotopic (exact) mass is 470 g/mol. The van der Waals surface area contributed by atoms with E-state index in [-0.39, 0.29) is 19.3 Å². The van der Waals surface area contributed by atoms with Crippen LogP contribution in [0.25, 0.3) is 0 Å². The minimum Gasteiger partial charge on any atom is -0.458 e. The van der Waals surface area contributed by atoms with Gasteiger partial charge in [0.1, 0.15) is 5.60 Å². The predicted molar refractivity (Wildman–Crippen MR) is 87.5 cm³/mol. The second kappa shape index (κ2) is 6.66. The van der Waals surface area contributed by atoms with Crippen LogP contribution in [0.5, 0.6) is 0 Å². The number of esters is 1. The lowest BCUT2D eigenvalue weighted by atomic mass is 9.43. The van der Waals surface area contributed by atoms with Crippen LogP contribution < -0.4 is 0 Å². The molecule has 31 heavy (non-hydrogen) atoms. The van der Waals surface area contributed by atoms with Crippen molar-refractivity contribution >= 4 is 5.97 Å². The van der Waals surface area contributed by atoms with E-state index in [2.05, 4.69) is 0 Å². The normalized spacial score (nSPS) is 35.7. The highest BCUT2D eigenvalue weighted by Gasteiger charge is 2.82. The van der Waals surface area contributed by atoms with Gasteiger partial charge in [-0.3, -0.25) is 4.79 Å². The van der Waals surface area contributed by atoms with Crippen LogP contribution in [0.3, 0.4) is 0 Å². The van der Waals surface area contributed by atoms with Gasteiger partial charge in [0, 0.05) is 5.41 Å². The summed E-state index contributed by atoms with van der Waals surface area (Å²) in [5.74, 6) is -3.18. The fourth-order valence-electron chi connectivity index (χ4n) is 6.25. The van der Waals surface area contributed by atoms with Gasteiger partial charge in [0.05, 0.1) is 0 Å². The number of hydrogen-bond acceptors (Lipinski definition) is 3. The molecule has 0 spiro atoms. The molecule has 4 aliphatic rings. The summed E-state index contributed by atoms with van der Waals surface area (Å²) >= 11 is 0. The maximum absolute atomic E-state index is 13.7. The molecule has 3 unspecified atom stereocenters. The SMILES string of the molecule is CCC(C)(C(=O)OC12CC3CC(C1)CC(C(O)(C(F)(F)F)C(F)(F)F)(C3)C2)C(F)(F)F.